The summed E-state index contributed by atoms with van der Waals surface area (Å²) >= 11 is 6.22. The van der Waals surface area contributed by atoms with Gasteiger partial charge >= 0.3 is 0 Å². The summed E-state index contributed by atoms with van der Waals surface area (Å²) in [5.41, 5.74) is 3.94. The van der Waals surface area contributed by atoms with Gasteiger partial charge in [0.2, 0.25) is 17.7 Å². The maximum atomic E-state index is 14.4. The van der Waals surface area contributed by atoms with Gasteiger partial charge < -0.3 is 15.5 Å². The Kier molecular flexibility index (Phi) is 9.52. The highest BCUT2D eigenvalue weighted by atomic mass is 35.5. The molecule has 0 saturated carbocycles. The summed E-state index contributed by atoms with van der Waals surface area (Å²) in [7, 11) is -4.36. The molecule has 4 aromatic rings. The number of nitrogens with zero attached hydrogens (tertiary/aromatic N) is 3. The molecule has 248 valence electrons. The number of carbonyl (C=O) groups is 3. The van der Waals surface area contributed by atoms with Crippen molar-refractivity contribution in [1.82, 2.24) is 15.2 Å². The smallest absolute Gasteiger partial charge is 0.265 e. The average molecular weight is 686 g/mol. The molecular weight excluding hydrogens is 650 g/mol. The van der Waals surface area contributed by atoms with E-state index in [0.29, 0.717) is 34.9 Å². The molecule has 1 aromatic heterocycles. The number of aryl methyl sites for hydroxylation is 2. The van der Waals surface area contributed by atoms with E-state index >= 15 is 0 Å². The highest BCUT2D eigenvalue weighted by Gasteiger charge is 2.43. The van der Waals surface area contributed by atoms with Gasteiger partial charge in [0, 0.05) is 36.3 Å². The van der Waals surface area contributed by atoms with Crippen molar-refractivity contribution < 1.29 is 22.8 Å². The fourth-order valence-electron chi connectivity index (χ4n) is 6.50. The third-order valence-corrected chi connectivity index (χ3v) is 11.1. The van der Waals surface area contributed by atoms with E-state index in [1.54, 1.807) is 61.3 Å². The molecule has 1 fully saturated rings. The molecule has 3 aromatic carbocycles. The van der Waals surface area contributed by atoms with Crippen LogP contribution >= 0.6 is 11.6 Å². The summed E-state index contributed by atoms with van der Waals surface area (Å²) < 4.78 is 29.9. The number of hydrogen-bond donors (Lipinski definition) is 2. The molecule has 0 bridgehead atoms. The summed E-state index contributed by atoms with van der Waals surface area (Å²) in [6, 6.07) is 20.6. The highest BCUT2D eigenvalue weighted by molar-refractivity contribution is 7.93. The van der Waals surface area contributed by atoms with Gasteiger partial charge in [0.15, 0.2) is 0 Å². The number of anilines is 2. The van der Waals surface area contributed by atoms with E-state index in [0.717, 1.165) is 34.0 Å². The van der Waals surface area contributed by atoms with Gasteiger partial charge in [-0.1, -0.05) is 54.1 Å². The molecule has 3 amide bonds. The molecule has 1 saturated heterocycles. The molecule has 2 unspecified atom stereocenters. The van der Waals surface area contributed by atoms with Crippen molar-refractivity contribution >= 4 is 50.7 Å². The van der Waals surface area contributed by atoms with Crippen LogP contribution in [0.2, 0.25) is 5.02 Å². The van der Waals surface area contributed by atoms with E-state index in [2.05, 4.69) is 15.6 Å². The molecule has 2 N–H and O–H groups in total. The van der Waals surface area contributed by atoms with E-state index in [1.165, 1.54) is 0 Å². The van der Waals surface area contributed by atoms with Crippen molar-refractivity contribution in [3.63, 3.8) is 0 Å². The lowest BCUT2D eigenvalue weighted by Gasteiger charge is -2.37. The van der Waals surface area contributed by atoms with E-state index in [4.69, 9.17) is 11.6 Å². The molecule has 48 heavy (non-hydrogen) atoms. The SMILES string of the molecule is Cc1cc(Cl)cc(C)c1S(=O)(=O)N1c2ccccc2NC(=O)C1CC(=O)NC(Cc1ccc(-c2ccccn2)cc1)C(=O)N1CCCC1. The van der Waals surface area contributed by atoms with Gasteiger partial charge in [-0.05, 0) is 79.8 Å². The second-order valence-corrected chi connectivity index (χ2v) is 14.4. The normalized spacial score (nSPS) is 16.6. The third kappa shape index (κ3) is 6.79. The first kappa shape index (κ1) is 33.2. The second kappa shape index (κ2) is 13.8. The minimum absolute atomic E-state index is 0.0121. The Morgan fingerprint density at radius 2 is 1.65 bits per heavy atom. The zero-order valence-electron chi connectivity index (χ0n) is 26.6. The number of carbonyl (C=O) groups excluding carboxylic acids is 3. The number of para-hydroxylation sites is 2. The summed E-state index contributed by atoms with van der Waals surface area (Å²) in [6.45, 7) is 4.47. The molecule has 12 heteroatoms. The van der Waals surface area contributed by atoms with Gasteiger partial charge in [0.1, 0.15) is 12.1 Å². The van der Waals surface area contributed by atoms with E-state index < -0.39 is 40.3 Å². The quantitative estimate of drug-likeness (QED) is 0.247. The minimum atomic E-state index is -4.36. The number of halogens is 1. The molecule has 0 radical (unpaired) electrons. The standard InChI is InChI=1S/C36H36ClN5O5S/c1-23-19-27(37)20-24(2)34(23)48(46,47)42-31-11-4-3-10-29(31)40-35(44)32(42)22-33(43)39-30(36(45)41-17-7-8-18-41)21-25-12-14-26(15-13-25)28-9-5-6-16-38-28/h3-6,9-16,19-20,30,32H,7-8,17-18,21-22H2,1-2H3,(H,39,43)(H,40,44). The van der Waals surface area contributed by atoms with Crippen LogP contribution in [0.3, 0.4) is 0 Å². The van der Waals surface area contributed by atoms with Gasteiger partial charge in [-0.3, -0.25) is 23.7 Å². The van der Waals surface area contributed by atoms with Crippen LogP contribution in [0.25, 0.3) is 11.3 Å². The Balaban J connectivity index is 1.29. The Morgan fingerprint density at radius 1 is 0.979 bits per heavy atom. The first-order valence-corrected chi connectivity index (χ1v) is 17.6. The van der Waals surface area contributed by atoms with Crippen LogP contribution in [0.5, 0.6) is 0 Å². The Bertz CT molecular complexity index is 1940. The van der Waals surface area contributed by atoms with Crippen LogP contribution < -0.4 is 14.9 Å². The molecule has 0 aliphatic carbocycles. The molecule has 2 aliphatic heterocycles. The topological polar surface area (TPSA) is 129 Å². The lowest BCUT2D eigenvalue weighted by Crippen LogP contribution is -2.55. The molecule has 2 atom stereocenters. The third-order valence-electron chi connectivity index (χ3n) is 8.71. The minimum Gasteiger partial charge on any atom is -0.344 e. The second-order valence-electron chi connectivity index (χ2n) is 12.2. The predicted octanol–water partition coefficient (Wildman–Crippen LogP) is 5.27. The average Bonchev–Trinajstić information content (AvgIpc) is 3.60. The zero-order valence-corrected chi connectivity index (χ0v) is 28.2. The Labute approximate surface area is 285 Å². The fraction of sp³-hybridized carbons (Fsp3) is 0.278. The number of nitrogens with one attached hydrogen (secondary N) is 2. The van der Waals surface area contributed by atoms with E-state index in [1.807, 2.05) is 42.5 Å². The molecular formula is C36H36ClN5O5S. The number of amides is 3. The lowest BCUT2D eigenvalue weighted by atomic mass is 10.0. The van der Waals surface area contributed by atoms with Crippen LogP contribution in [0.4, 0.5) is 11.4 Å². The number of likely N-dealkylation sites (tertiary alicyclic amines) is 1. The molecule has 3 heterocycles. The molecule has 10 nitrogen and oxygen atoms in total. The number of sulfonamides is 1. The van der Waals surface area contributed by atoms with Gasteiger partial charge in [-0.2, -0.15) is 0 Å². The van der Waals surface area contributed by atoms with E-state index in [-0.39, 0.29) is 22.9 Å². The number of benzene rings is 3. The molecule has 2 aliphatic rings. The predicted molar refractivity (Wildman–Crippen MR) is 185 cm³/mol. The van der Waals surface area contributed by atoms with Crippen LogP contribution in [0.15, 0.2) is 90.0 Å². The van der Waals surface area contributed by atoms with Gasteiger partial charge in [-0.15, -0.1) is 0 Å². The highest BCUT2D eigenvalue weighted by Crippen LogP contribution is 2.39. The first-order valence-electron chi connectivity index (χ1n) is 15.8. The molecule has 0 spiro atoms. The summed E-state index contributed by atoms with van der Waals surface area (Å²) in [4.78, 5) is 47.2. The van der Waals surface area contributed by atoms with Crippen molar-refractivity contribution in [3.05, 3.63) is 107 Å². The van der Waals surface area contributed by atoms with Crippen molar-refractivity contribution in [1.29, 1.82) is 0 Å². The van der Waals surface area contributed by atoms with Gasteiger partial charge in [0.05, 0.1) is 28.4 Å². The fourth-order valence-corrected chi connectivity index (χ4v) is 8.88. The Morgan fingerprint density at radius 3 is 2.31 bits per heavy atom. The van der Waals surface area contributed by atoms with Crippen molar-refractivity contribution in [2.75, 3.05) is 22.7 Å². The van der Waals surface area contributed by atoms with Crippen molar-refractivity contribution in [2.45, 2.75) is 56.5 Å². The maximum absolute atomic E-state index is 14.4. The number of pyridine rings is 1. The van der Waals surface area contributed by atoms with Crippen molar-refractivity contribution in [2.24, 2.45) is 0 Å². The summed E-state index contributed by atoms with van der Waals surface area (Å²) in [6.07, 6.45) is 3.19. The first-order chi connectivity index (χ1) is 23.0. The van der Waals surface area contributed by atoms with Gasteiger partial charge in [-0.25, -0.2) is 8.42 Å². The summed E-state index contributed by atoms with van der Waals surface area (Å²) in [5.74, 6) is -1.49. The maximum Gasteiger partial charge on any atom is 0.265 e. The largest absolute Gasteiger partial charge is 0.344 e. The number of fused-ring (bicyclic) bond motifs is 1. The van der Waals surface area contributed by atoms with E-state index in [9.17, 15) is 22.8 Å². The molecule has 6 rings (SSSR count). The lowest BCUT2D eigenvalue weighted by molar-refractivity contribution is -0.135. The number of rotatable bonds is 9. The van der Waals surface area contributed by atoms with Gasteiger partial charge in [0.25, 0.3) is 10.0 Å². The summed E-state index contributed by atoms with van der Waals surface area (Å²) in [5, 5.41) is 6.01. The van der Waals surface area contributed by atoms with Crippen LogP contribution in [-0.4, -0.2) is 61.2 Å². The Hall–Kier alpha value is -4.74. The monoisotopic (exact) mass is 685 g/mol. The number of hydrogen-bond acceptors (Lipinski definition) is 6. The van der Waals surface area contributed by atoms with Crippen LogP contribution in [-0.2, 0) is 30.8 Å². The zero-order chi connectivity index (χ0) is 34.0. The van der Waals surface area contributed by atoms with Crippen molar-refractivity contribution in [3.8, 4) is 11.3 Å². The van der Waals surface area contributed by atoms with Crippen LogP contribution in [0.1, 0.15) is 36.0 Å². The number of aromatic nitrogens is 1. The van der Waals surface area contributed by atoms with Crippen LogP contribution in [0, 0.1) is 13.8 Å².